The van der Waals surface area contributed by atoms with E-state index in [4.69, 9.17) is 10.8 Å². The summed E-state index contributed by atoms with van der Waals surface area (Å²) in [6, 6.07) is 4.64. The third kappa shape index (κ3) is 3.22. The van der Waals surface area contributed by atoms with E-state index >= 15 is 0 Å². The Bertz CT molecular complexity index is 411. The quantitative estimate of drug-likeness (QED) is 0.664. The van der Waals surface area contributed by atoms with Crippen LogP contribution in [-0.2, 0) is 0 Å². The summed E-state index contributed by atoms with van der Waals surface area (Å²) >= 11 is 0. The number of hydrogen-bond acceptors (Lipinski definition) is 3. The van der Waals surface area contributed by atoms with Crippen molar-refractivity contribution in [1.29, 1.82) is 0 Å². The molecule has 3 N–H and O–H groups in total. The minimum Gasteiger partial charge on any atom is -0.490 e. The Hall–Kier alpha value is -1.64. The molecule has 0 aromatic heterocycles. The number of nitrogens with two attached hydrogens (primary N) is 1. The van der Waals surface area contributed by atoms with E-state index in [0.717, 1.165) is 12.1 Å². The maximum Gasteiger partial charge on any atom is 0.429 e. The fourth-order valence-corrected chi connectivity index (χ4v) is 1.08. The molecule has 3 nitrogen and oxygen atoms in total. The monoisotopic (exact) mass is 289 g/mol. The number of alkyl halides is 6. The first-order valence-corrected chi connectivity index (χ1v) is 4.81. The Kier molecular flexibility index (Phi) is 3.89. The van der Waals surface area contributed by atoms with Gasteiger partial charge in [-0.3, -0.25) is 0 Å². The van der Waals surface area contributed by atoms with Crippen molar-refractivity contribution in [1.82, 2.24) is 0 Å². The lowest BCUT2D eigenvalue weighted by Gasteiger charge is -2.31. The summed E-state index contributed by atoms with van der Waals surface area (Å²) in [7, 11) is 0. The molecule has 1 aromatic rings. The summed E-state index contributed by atoms with van der Waals surface area (Å²) in [5.41, 5.74) is 0.612. The fourth-order valence-electron chi connectivity index (χ4n) is 1.08. The number of nitrogen functional groups attached to an aromatic ring is 1. The maximum atomic E-state index is 12.3. The van der Waals surface area contributed by atoms with Gasteiger partial charge >= 0.3 is 12.4 Å². The number of hydrogen-bond donors (Lipinski definition) is 2. The average Bonchev–Trinajstić information content (AvgIpc) is 2.24. The number of rotatable bonds is 3. The summed E-state index contributed by atoms with van der Waals surface area (Å²) in [5.74, 6) is -0.277. The van der Waals surface area contributed by atoms with Crippen LogP contribution in [0.1, 0.15) is 0 Å². The van der Waals surface area contributed by atoms with Crippen molar-refractivity contribution in [2.75, 3.05) is 12.3 Å². The van der Waals surface area contributed by atoms with Gasteiger partial charge in [0.2, 0.25) is 0 Å². The van der Waals surface area contributed by atoms with Crippen LogP contribution in [0.2, 0.25) is 0 Å². The first-order chi connectivity index (χ1) is 8.47. The van der Waals surface area contributed by atoms with Gasteiger partial charge in [0.25, 0.3) is 5.60 Å². The van der Waals surface area contributed by atoms with Crippen molar-refractivity contribution in [3.8, 4) is 5.75 Å². The third-order valence-corrected chi connectivity index (χ3v) is 2.27. The second-order valence-electron chi connectivity index (χ2n) is 3.71. The number of benzene rings is 1. The molecule has 0 saturated carbocycles. The predicted octanol–water partition coefficient (Wildman–Crippen LogP) is 2.50. The van der Waals surface area contributed by atoms with Gasteiger partial charge in [0.15, 0.2) is 0 Å². The van der Waals surface area contributed by atoms with Crippen molar-refractivity contribution in [3.05, 3.63) is 24.3 Å². The van der Waals surface area contributed by atoms with E-state index < -0.39 is 24.6 Å². The van der Waals surface area contributed by atoms with Crippen LogP contribution in [0.5, 0.6) is 5.75 Å². The third-order valence-electron chi connectivity index (χ3n) is 2.27. The minimum absolute atomic E-state index is 0.259. The van der Waals surface area contributed by atoms with Gasteiger partial charge in [-0.2, -0.15) is 26.3 Å². The van der Waals surface area contributed by atoms with Crippen LogP contribution in [0, 0.1) is 0 Å². The molecule has 1 rings (SSSR count). The molecule has 0 saturated heterocycles. The Morgan fingerprint density at radius 2 is 1.37 bits per heavy atom. The van der Waals surface area contributed by atoms with E-state index in [0.29, 0.717) is 0 Å². The molecule has 0 atom stereocenters. The molecule has 0 radical (unpaired) electrons. The summed E-state index contributed by atoms with van der Waals surface area (Å²) in [5, 5.41) is 8.80. The molecule has 0 fully saturated rings. The number of aliphatic hydroxyl groups is 1. The molecule has 0 aliphatic rings. The van der Waals surface area contributed by atoms with E-state index in [9.17, 15) is 26.3 Å². The molecule has 0 aliphatic heterocycles. The fraction of sp³-hybridized carbons (Fsp3) is 0.400. The Labute approximate surface area is 103 Å². The topological polar surface area (TPSA) is 55.5 Å². The lowest BCUT2D eigenvalue weighted by molar-refractivity contribution is -0.373. The lowest BCUT2D eigenvalue weighted by atomic mass is 10.0. The van der Waals surface area contributed by atoms with E-state index in [1.807, 2.05) is 0 Å². The molecule has 0 spiro atoms. The van der Waals surface area contributed by atoms with Crippen molar-refractivity contribution in [2.45, 2.75) is 18.0 Å². The molecule has 9 heteroatoms. The highest BCUT2D eigenvalue weighted by Gasteiger charge is 2.71. The highest BCUT2D eigenvalue weighted by Crippen LogP contribution is 2.43. The molecule has 0 aliphatic carbocycles. The summed E-state index contributed by atoms with van der Waals surface area (Å²) in [6.07, 6.45) is -11.8. The van der Waals surface area contributed by atoms with Crippen molar-refractivity contribution >= 4 is 5.69 Å². The molecule has 19 heavy (non-hydrogen) atoms. The van der Waals surface area contributed by atoms with Gasteiger partial charge in [-0.05, 0) is 24.3 Å². The highest BCUT2D eigenvalue weighted by atomic mass is 19.4. The highest BCUT2D eigenvalue weighted by molar-refractivity contribution is 5.41. The number of halogens is 6. The molecule has 108 valence electrons. The van der Waals surface area contributed by atoms with Gasteiger partial charge in [-0.1, -0.05) is 0 Å². The standard InChI is InChI=1S/C10H9F6NO2/c11-9(12,13)8(18,10(14,15)16)5-19-7-3-1-6(17)2-4-7/h1-4,18H,5,17H2. The van der Waals surface area contributed by atoms with Crippen LogP contribution < -0.4 is 10.5 Å². The summed E-state index contributed by atoms with van der Waals surface area (Å²) in [4.78, 5) is 0. The molecule has 0 heterocycles. The van der Waals surface area contributed by atoms with E-state index in [-0.39, 0.29) is 11.4 Å². The van der Waals surface area contributed by atoms with Crippen molar-refractivity contribution in [3.63, 3.8) is 0 Å². The minimum atomic E-state index is -5.90. The van der Waals surface area contributed by atoms with Gasteiger partial charge in [0.05, 0.1) is 0 Å². The van der Waals surface area contributed by atoms with Gasteiger partial charge in [0, 0.05) is 5.69 Å². The molecule has 0 bridgehead atoms. The largest absolute Gasteiger partial charge is 0.490 e. The van der Waals surface area contributed by atoms with Crippen LogP contribution in [0.4, 0.5) is 32.0 Å². The van der Waals surface area contributed by atoms with E-state index in [2.05, 4.69) is 4.74 Å². The molecule has 0 unspecified atom stereocenters. The SMILES string of the molecule is Nc1ccc(OCC(O)(C(F)(F)F)C(F)(F)F)cc1. The number of ether oxygens (including phenoxy) is 1. The Morgan fingerprint density at radius 1 is 0.947 bits per heavy atom. The predicted molar refractivity (Wildman–Crippen MR) is 53.4 cm³/mol. The van der Waals surface area contributed by atoms with Crippen molar-refractivity contribution in [2.24, 2.45) is 0 Å². The first kappa shape index (κ1) is 15.4. The van der Waals surface area contributed by atoms with Crippen molar-refractivity contribution < 1.29 is 36.2 Å². The number of anilines is 1. The summed E-state index contributed by atoms with van der Waals surface area (Å²) < 4.78 is 78.1. The molecule has 0 amide bonds. The normalized spacial score (nSPS) is 13.4. The first-order valence-electron chi connectivity index (χ1n) is 4.81. The zero-order valence-electron chi connectivity index (χ0n) is 9.22. The Balaban J connectivity index is 2.89. The van der Waals surface area contributed by atoms with Crippen LogP contribution in [0.15, 0.2) is 24.3 Å². The molecule has 1 aromatic carbocycles. The van der Waals surface area contributed by atoms with Gasteiger partial charge < -0.3 is 15.6 Å². The van der Waals surface area contributed by atoms with Crippen LogP contribution in [-0.4, -0.2) is 29.7 Å². The lowest BCUT2D eigenvalue weighted by Crippen LogP contribution is -2.60. The smallest absolute Gasteiger partial charge is 0.429 e. The van der Waals surface area contributed by atoms with Crippen LogP contribution in [0.25, 0.3) is 0 Å². The second-order valence-corrected chi connectivity index (χ2v) is 3.71. The zero-order chi connectivity index (χ0) is 14.9. The van der Waals surface area contributed by atoms with Gasteiger partial charge in [-0.25, -0.2) is 0 Å². The molecular weight excluding hydrogens is 280 g/mol. The van der Waals surface area contributed by atoms with Gasteiger partial charge in [0.1, 0.15) is 12.4 Å². The van der Waals surface area contributed by atoms with Crippen LogP contribution in [0.3, 0.4) is 0 Å². The Morgan fingerprint density at radius 3 is 1.74 bits per heavy atom. The van der Waals surface area contributed by atoms with E-state index in [1.54, 1.807) is 0 Å². The summed E-state index contributed by atoms with van der Waals surface area (Å²) in [6.45, 7) is -2.00. The second kappa shape index (κ2) is 4.80. The van der Waals surface area contributed by atoms with Gasteiger partial charge in [-0.15, -0.1) is 0 Å². The molecular formula is C10H9F6NO2. The zero-order valence-corrected chi connectivity index (χ0v) is 9.22. The van der Waals surface area contributed by atoms with Crippen LogP contribution >= 0.6 is 0 Å². The average molecular weight is 289 g/mol. The van der Waals surface area contributed by atoms with E-state index in [1.165, 1.54) is 12.1 Å². The maximum absolute atomic E-state index is 12.3.